The van der Waals surface area contributed by atoms with Crippen molar-refractivity contribution in [2.45, 2.75) is 33.7 Å². The summed E-state index contributed by atoms with van der Waals surface area (Å²) < 4.78 is 10.8. The van der Waals surface area contributed by atoms with Gasteiger partial charge in [0.05, 0.1) is 30.5 Å². The van der Waals surface area contributed by atoms with Gasteiger partial charge in [0.15, 0.2) is 5.13 Å². The van der Waals surface area contributed by atoms with Crippen molar-refractivity contribution in [3.8, 4) is 5.75 Å². The smallest absolute Gasteiger partial charge is 0.350 e. The van der Waals surface area contributed by atoms with Crippen LogP contribution in [-0.4, -0.2) is 45.9 Å². The lowest BCUT2D eigenvalue weighted by molar-refractivity contribution is -0.132. The van der Waals surface area contributed by atoms with Gasteiger partial charge in [0, 0.05) is 18.0 Å². The molecule has 0 saturated carbocycles. The number of amides is 1. The second-order valence-electron chi connectivity index (χ2n) is 8.82. The second-order valence-corrected chi connectivity index (χ2v) is 9.79. The van der Waals surface area contributed by atoms with Gasteiger partial charge in [0.2, 0.25) is 0 Å². The van der Waals surface area contributed by atoms with Crippen LogP contribution in [-0.2, 0) is 14.3 Å². The molecule has 0 radical (unpaired) electrons. The maximum Gasteiger partial charge on any atom is 0.350 e. The van der Waals surface area contributed by atoms with E-state index in [1.807, 2.05) is 13.8 Å². The third-order valence-electron chi connectivity index (χ3n) is 5.61. The SMILES string of the molecule is CCOC(=O)c1sc(N2C(=O)C(=O)/C(=C(/O)c3ccc(OCC(C)C)cc3)C2c2cccnc2)nc1C. The normalized spacial score (nSPS) is 16.9. The number of ether oxygens (including phenoxy) is 2. The van der Waals surface area contributed by atoms with Gasteiger partial charge in [-0.3, -0.25) is 19.5 Å². The molecule has 10 heteroatoms. The van der Waals surface area contributed by atoms with Crippen LogP contribution in [0.4, 0.5) is 5.13 Å². The predicted octanol–water partition coefficient (Wildman–Crippen LogP) is 4.68. The molecule has 4 rings (SSSR count). The van der Waals surface area contributed by atoms with Gasteiger partial charge in [-0.05, 0) is 55.7 Å². The molecule has 0 spiro atoms. The van der Waals surface area contributed by atoms with E-state index in [1.54, 1.807) is 56.4 Å². The monoisotopic (exact) mass is 521 g/mol. The van der Waals surface area contributed by atoms with Crippen molar-refractivity contribution in [2.24, 2.45) is 5.92 Å². The number of ketones is 1. The zero-order valence-corrected chi connectivity index (χ0v) is 21.7. The zero-order valence-electron chi connectivity index (χ0n) is 20.9. The Kier molecular flexibility index (Phi) is 7.68. The Morgan fingerprint density at radius 2 is 1.92 bits per heavy atom. The molecule has 0 aliphatic carbocycles. The van der Waals surface area contributed by atoms with Crippen molar-refractivity contribution in [1.82, 2.24) is 9.97 Å². The molecule has 1 N–H and O–H groups in total. The molecule has 192 valence electrons. The number of aryl methyl sites for hydroxylation is 1. The van der Waals surface area contributed by atoms with Gasteiger partial charge in [0.25, 0.3) is 5.78 Å². The molecule has 1 aliphatic heterocycles. The highest BCUT2D eigenvalue weighted by Crippen LogP contribution is 2.43. The number of carbonyl (C=O) groups is 3. The lowest BCUT2D eigenvalue weighted by atomic mass is 9.96. The number of aromatic nitrogens is 2. The molecule has 1 fully saturated rings. The van der Waals surface area contributed by atoms with Gasteiger partial charge in [-0.25, -0.2) is 9.78 Å². The average Bonchev–Trinajstić information content (AvgIpc) is 3.40. The number of rotatable bonds is 8. The minimum Gasteiger partial charge on any atom is -0.507 e. The molecule has 3 aromatic rings. The Balaban J connectivity index is 1.80. The van der Waals surface area contributed by atoms with Crippen LogP contribution < -0.4 is 9.64 Å². The average molecular weight is 522 g/mol. The van der Waals surface area contributed by atoms with Gasteiger partial charge >= 0.3 is 11.9 Å². The number of aliphatic hydroxyl groups excluding tert-OH is 1. The van der Waals surface area contributed by atoms with Gasteiger partial charge in [-0.1, -0.05) is 31.3 Å². The number of aliphatic hydroxyl groups is 1. The quantitative estimate of drug-likeness (QED) is 0.196. The molecule has 1 atom stereocenters. The number of pyridine rings is 1. The molecular weight excluding hydrogens is 494 g/mol. The minimum absolute atomic E-state index is 0.0978. The van der Waals surface area contributed by atoms with Crippen LogP contribution >= 0.6 is 11.3 Å². The van der Waals surface area contributed by atoms with E-state index in [9.17, 15) is 19.5 Å². The fourth-order valence-electron chi connectivity index (χ4n) is 3.88. The highest BCUT2D eigenvalue weighted by atomic mass is 32.1. The van der Waals surface area contributed by atoms with Crippen LogP contribution in [0.15, 0.2) is 54.4 Å². The highest BCUT2D eigenvalue weighted by Gasteiger charge is 2.48. The maximum atomic E-state index is 13.3. The van der Waals surface area contributed by atoms with E-state index >= 15 is 0 Å². The summed E-state index contributed by atoms with van der Waals surface area (Å²) >= 11 is 0.954. The van der Waals surface area contributed by atoms with Gasteiger partial charge < -0.3 is 14.6 Å². The summed E-state index contributed by atoms with van der Waals surface area (Å²) in [4.78, 5) is 48.9. The number of Topliss-reactive ketones (excluding diaryl/α,β-unsaturated/α-hetero) is 1. The summed E-state index contributed by atoms with van der Waals surface area (Å²) in [5.74, 6) is -1.64. The summed E-state index contributed by atoms with van der Waals surface area (Å²) in [6.07, 6.45) is 3.09. The molecule has 1 aliphatic rings. The summed E-state index contributed by atoms with van der Waals surface area (Å²) in [6.45, 7) is 8.13. The Labute approximate surface area is 218 Å². The fraction of sp³-hybridized carbons (Fsp3) is 0.296. The molecule has 0 bridgehead atoms. The Bertz CT molecular complexity index is 1350. The number of anilines is 1. The zero-order chi connectivity index (χ0) is 26.7. The van der Waals surface area contributed by atoms with E-state index in [1.165, 1.54) is 11.1 Å². The van der Waals surface area contributed by atoms with Crippen LogP contribution in [0, 0.1) is 12.8 Å². The van der Waals surface area contributed by atoms with Crippen LogP contribution in [0.2, 0.25) is 0 Å². The minimum atomic E-state index is -0.994. The fourth-order valence-corrected chi connectivity index (χ4v) is 4.87. The number of hydrogen-bond donors (Lipinski definition) is 1. The number of hydrogen-bond acceptors (Lipinski definition) is 9. The van der Waals surface area contributed by atoms with Crippen LogP contribution in [0.1, 0.15) is 53.3 Å². The van der Waals surface area contributed by atoms with Crippen molar-refractivity contribution in [3.05, 3.63) is 76.1 Å². The molecule has 1 unspecified atom stereocenters. The Morgan fingerprint density at radius 3 is 2.54 bits per heavy atom. The first-order valence-corrected chi connectivity index (χ1v) is 12.6. The second kappa shape index (κ2) is 10.9. The van der Waals surface area contributed by atoms with Crippen molar-refractivity contribution in [2.75, 3.05) is 18.1 Å². The van der Waals surface area contributed by atoms with E-state index < -0.39 is 23.7 Å². The van der Waals surface area contributed by atoms with Gasteiger partial charge in [0.1, 0.15) is 16.4 Å². The maximum absolute atomic E-state index is 13.3. The standard InChI is InChI=1S/C27H27N3O6S/c1-5-35-26(34)24-16(4)29-27(37-24)30-21(18-7-6-12-28-13-18)20(23(32)25(30)33)22(31)17-8-10-19(11-9-17)36-14-15(2)3/h6-13,15,21,31H,5,14H2,1-4H3/b22-20+. The first-order chi connectivity index (χ1) is 17.7. The third-order valence-corrected chi connectivity index (χ3v) is 6.74. The molecule has 1 aromatic carbocycles. The van der Waals surface area contributed by atoms with Gasteiger partial charge in [-0.15, -0.1) is 0 Å². The third kappa shape index (κ3) is 5.24. The van der Waals surface area contributed by atoms with Crippen molar-refractivity contribution in [3.63, 3.8) is 0 Å². The number of thiazole rings is 1. The number of esters is 1. The van der Waals surface area contributed by atoms with Gasteiger partial charge in [-0.2, -0.15) is 0 Å². The largest absolute Gasteiger partial charge is 0.507 e. The number of benzene rings is 1. The Hall–Kier alpha value is -4.05. The van der Waals surface area contributed by atoms with Crippen LogP contribution in [0.25, 0.3) is 5.76 Å². The lowest BCUT2D eigenvalue weighted by Gasteiger charge is -2.22. The van der Waals surface area contributed by atoms with E-state index in [0.29, 0.717) is 35.1 Å². The van der Waals surface area contributed by atoms with Crippen LogP contribution in [0.3, 0.4) is 0 Å². The van der Waals surface area contributed by atoms with E-state index in [0.717, 1.165) is 11.3 Å². The topological polar surface area (TPSA) is 119 Å². The molecule has 3 heterocycles. The van der Waals surface area contributed by atoms with E-state index in [-0.39, 0.29) is 27.9 Å². The summed E-state index contributed by atoms with van der Waals surface area (Å²) in [5, 5.41) is 11.4. The molecule has 2 aromatic heterocycles. The van der Waals surface area contributed by atoms with Crippen molar-refractivity contribution < 1.29 is 29.0 Å². The van der Waals surface area contributed by atoms with Crippen molar-refractivity contribution in [1.29, 1.82) is 0 Å². The van der Waals surface area contributed by atoms with E-state index in [4.69, 9.17) is 9.47 Å². The highest BCUT2D eigenvalue weighted by molar-refractivity contribution is 7.17. The summed E-state index contributed by atoms with van der Waals surface area (Å²) in [6, 6.07) is 9.04. The van der Waals surface area contributed by atoms with Crippen LogP contribution in [0.5, 0.6) is 5.75 Å². The summed E-state index contributed by atoms with van der Waals surface area (Å²) in [5.41, 5.74) is 1.14. The number of carbonyl (C=O) groups excluding carboxylic acids is 3. The summed E-state index contributed by atoms with van der Waals surface area (Å²) in [7, 11) is 0. The molecule has 1 amide bonds. The Morgan fingerprint density at radius 1 is 1.19 bits per heavy atom. The molecule has 9 nitrogen and oxygen atoms in total. The first-order valence-electron chi connectivity index (χ1n) is 11.8. The lowest BCUT2D eigenvalue weighted by Crippen LogP contribution is -2.29. The molecular formula is C27H27N3O6S. The van der Waals surface area contributed by atoms with E-state index in [2.05, 4.69) is 9.97 Å². The number of nitrogens with zero attached hydrogens (tertiary/aromatic N) is 3. The molecule has 1 saturated heterocycles. The first kappa shape index (κ1) is 26.0. The van der Waals surface area contributed by atoms with Crippen molar-refractivity contribution >= 4 is 39.9 Å². The molecule has 37 heavy (non-hydrogen) atoms. The predicted molar refractivity (Wildman–Crippen MR) is 139 cm³/mol.